The summed E-state index contributed by atoms with van der Waals surface area (Å²) in [5.74, 6) is -0.162. The summed E-state index contributed by atoms with van der Waals surface area (Å²) in [5.41, 5.74) is 3.44. The number of anilines is 1. The number of likely N-dealkylation sites (N-methyl/N-ethyl adjacent to an activating group) is 1. The molecule has 2 aromatic carbocycles. The third-order valence-corrected chi connectivity index (χ3v) is 10.8. The van der Waals surface area contributed by atoms with Gasteiger partial charge in [-0.25, -0.2) is 4.98 Å². The molecule has 1 aromatic heterocycles. The molecule has 0 aliphatic carbocycles. The lowest BCUT2D eigenvalue weighted by molar-refractivity contribution is -0.153. The van der Waals surface area contributed by atoms with E-state index in [9.17, 15) is 14.7 Å². The Hall–Kier alpha value is -3.10. The summed E-state index contributed by atoms with van der Waals surface area (Å²) in [6.45, 7) is 9.12. The minimum absolute atomic E-state index is 0.220. The second-order valence-electron chi connectivity index (χ2n) is 12.0. The molecular weight excluding hydrogens is 532 g/mol. The number of aromatic nitrogens is 2. The van der Waals surface area contributed by atoms with Crippen LogP contribution in [-0.2, 0) is 11.3 Å². The zero-order valence-corrected chi connectivity index (χ0v) is 25.7. The zero-order valence-electron chi connectivity index (χ0n) is 24.9. The van der Waals surface area contributed by atoms with Crippen molar-refractivity contribution in [3.63, 3.8) is 0 Å². The number of carbonyl (C=O) groups is 2. The van der Waals surface area contributed by atoms with Gasteiger partial charge >= 0.3 is 5.97 Å². The van der Waals surface area contributed by atoms with E-state index in [1.54, 1.807) is 11.8 Å². The Morgan fingerprint density at radius 2 is 1.83 bits per heavy atom. The van der Waals surface area contributed by atoms with Crippen LogP contribution in [0.1, 0.15) is 80.4 Å². The summed E-state index contributed by atoms with van der Waals surface area (Å²) in [5, 5.41) is 13.4. The third kappa shape index (κ3) is 5.44. The molecule has 0 radical (unpaired) electrons. The van der Waals surface area contributed by atoms with Crippen LogP contribution in [0.3, 0.4) is 0 Å². The molecule has 1 unspecified atom stereocenters. The van der Waals surface area contributed by atoms with Gasteiger partial charge in [0.25, 0.3) is 5.91 Å². The topological polar surface area (TPSA) is 87.5 Å². The van der Waals surface area contributed by atoms with Crippen molar-refractivity contribution in [3.05, 3.63) is 65.5 Å². The van der Waals surface area contributed by atoms with Crippen molar-refractivity contribution in [1.82, 2.24) is 14.5 Å². The molecule has 2 bridgehead atoms. The van der Waals surface area contributed by atoms with E-state index < -0.39 is 16.3 Å². The Bertz CT molecular complexity index is 1430. The number of fused-ring (bicyclic) bond motifs is 2. The first kappa shape index (κ1) is 29.4. The number of thioether (sulfide) groups is 1. The van der Waals surface area contributed by atoms with E-state index in [-0.39, 0.29) is 5.91 Å². The number of carbonyl (C=O) groups excluding carboxylic acids is 1. The third-order valence-electron chi connectivity index (χ3n) is 9.27. The summed E-state index contributed by atoms with van der Waals surface area (Å²) in [6.07, 6.45) is 8.62. The minimum Gasteiger partial charge on any atom is -0.480 e. The summed E-state index contributed by atoms with van der Waals surface area (Å²) < 4.78 is 1.66. The SMILES string of the molecule is CCCCCn1cc(C(=O)Nc2ccc(C)cc2C)nc1-c1ccc(SC2(C)CC[C@@H]3CC[C@@]2(C(=O)O)N3C)cc1. The van der Waals surface area contributed by atoms with Gasteiger partial charge in [-0.3, -0.25) is 14.5 Å². The van der Waals surface area contributed by atoms with Crippen LogP contribution in [0.4, 0.5) is 5.69 Å². The molecule has 2 N–H and O–H groups in total. The van der Waals surface area contributed by atoms with E-state index in [4.69, 9.17) is 4.98 Å². The van der Waals surface area contributed by atoms with Crippen molar-refractivity contribution < 1.29 is 14.7 Å². The molecule has 3 aromatic rings. The molecule has 0 spiro atoms. The fraction of sp³-hybridized carbons (Fsp3) is 0.485. The van der Waals surface area contributed by atoms with Crippen LogP contribution in [0.5, 0.6) is 0 Å². The Balaban J connectivity index is 1.39. The molecule has 8 heteroatoms. The second kappa shape index (κ2) is 11.6. The first-order valence-corrected chi connectivity index (χ1v) is 15.6. The molecule has 2 aliphatic rings. The predicted molar refractivity (Wildman–Crippen MR) is 166 cm³/mol. The lowest BCUT2D eigenvalue weighted by Crippen LogP contribution is -2.66. The van der Waals surface area contributed by atoms with E-state index in [0.717, 1.165) is 78.2 Å². The number of rotatable bonds is 10. The fourth-order valence-electron chi connectivity index (χ4n) is 6.83. The molecule has 218 valence electrons. The standard InChI is InChI=1S/C33H42N4O3S/c1-6-7-8-19-37-21-28(30(38)35-27-14-9-22(2)20-23(27)3)34-29(37)24-10-12-26(13-11-24)41-32(4)17-15-25-16-18-33(32,31(39)40)36(25)5/h9-14,20-21,25H,6-8,15-19H2,1-5H3,(H,35,38)(H,39,40)/t25-,32?,33+/m1/s1. The molecule has 3 heterocycles. The minimum atomic E-state index is -0.854. The maximum Gasteiger partial charge on any atom is 0.325 e. The number of aryl methyl sites for hydroxylation is 3. The van der Waals surface area contributed by atoms with Crippen molar-refractivity contribution in [3.8, 4) is 11.4 Å². The average Bonchev–Trinajstić information content (AvgIpc) is 3.47. The lowest BCUT2D eigenvalue weighted by atomic mass is 9.78. The van der Waals surface area contributed by atoms with Gasteiger partial charge in [-0.1, -0.05) is 49.6 Å². The maximum atomic E-state index is 13.2. The molecule has 2 aliphatic heterocycles. The van der Waals surface area contributed by atoms with Crippen molar-refractivity contribution >= 4 is 29.3 Å². The van der Waals surface area contributed by atoms with Crippen LogP contribution in [-0.4, -0.2) is 54.8 Å². The molecule has 5 rings (SSSR count). The highest BCUT2D eigenvalue weighted by atomic mass is 32.2. The van der Waals surface area contributed by atoms with E-state index in [2.05, 4.69) is 46.8 Å². The smallest absolute Gasteiger partial charge is 0.325 e. The number of carboxylic acids is 1. The molecule has 3 atom stereocenters. The Morgan fingerprint density at radius 3 is 2.51 bits per heavy atom. The molecule has 2 fully saturated rings. The molecule has 0 saturated carbocycles. The number of piperidine rings is 1. The van der Waals surface area contributed by atoms with Crippen LogP contribution in [0.2, 0.25) is 0 Å². The van der Waals surface area contributed by atoms with E-state index >= 15 is 0 Å². The second-order valence-corrected chi connectivity index (χ2v) is 13.6. The maximum absolute atomic E-state index is 13.2. The van der Waals surface area contributed by atoms with Crippen LogP contribution in [0.25, 0.3) is 11.4 Å². The van der Waals surface area contributed by atoms with Gasteiger partial charge in [0.2, 0.25) is 0 Å². The summed E-state index contributed by atoms with van der Waals surface area (Å²) in [6, 6.07) is 14.6. The van der Waals surface area contributed by atoms with E-state index in [1.165, 1.54) is 0 Å². The quantitative estimate of drug-likeness (QED) is 0.250. The molecule has 7 nitrogen and oxygen atoms in total. The number of benzene rings is 2. The molecule has 2 saturated heterocycles. The van der Waals surface area contributed by atoms with Gasteiger partial charge in [0.1, 0.15) is 17.1 Å². The van der Waals surface area contributed by atoms with Crippen molar-refractivity contribution in [2.45, 2.75) is 100 Å². The number of nitrogens with one attached hydrogen (secondary N) is 1. The molecular formula is C33H42N4O3S. The average molecular weight is 575 g/mol. The van der Waals surface area contributed by atoms with Gasteiger partial charge < -0.3 is 15.0 Å². The number of imidazole rings is 1. The zero-order chi connectivity index (χ0) is 29.4. The normalized spacial score (nSPS) is 24.0. The van der Waals surface area contributed by atoms with Gasteiger partial charge in [0.05, 0.1) is 0 Å². The number of unbranched alkanes of at least 4 members (excludes halogenated alkanes) is 2. The lowest BCUT2D eigenvalue weighted by Gasteiger charge is -2.51. The van der Waals surface area contributed by atoms with E-state index in [0.29, 0.717) is 18.2 Å². The van der Waals surface area contributed by atoms with Gasteiger partial charge in [0.15, 0.2) is 0 Å². The molecule has 1 amide bonds. The number of amides is 1. The highest BCUT2D eigenvalue weighted by Crippen LogP contribution is 2.56. The summed E-state index contributed by atoms with van der Waals surface area (Å²) in [7, 11) is 1.99. The summed E-state index contributed by atoms with van der Waals surface area (Å²) in [4.78, 5) is 33.8. The number of aliphatic carboxylic acids is 1. The highest BCUT2D eigenvalue weighted by molar-refractivity contribution is 8.00. The van der Waals surface area contributed by atoms with Crippen molar-refractivity contribution in [2.24, 2.45) is 0 Å². The van der Waals surface area contributed by atoms with Gasteiger partial charge in [-0.2, -0.15) is 0 Å². The van der Waals surface area contributed by atoms with Crippen LogP contribution < -0.4 is 5.32 Å². The van der Waals surface area contributed by atoms with E-state index in [1.807, 2.05) is 51.4 Å². The van der Waals surface area contributed by atoms with Crippen molar-refractivity contribution in [2.75, 3.05) is 12.4 Å². The Kier molecular flexibility index (Phi) is 8.35. The largest absolute Gasteiger partial charge is 0.480 e. The van der Waals surface area contributed by atoms with Gasteiger partial charge in [-0.15, -0.1) is 11.8 Å². The van der Waals surface area contributed by atoms with Gasteiger partial charge in [-0.05, 0) is 83.7 Å². The number of nitrogens with zero attached hydrogens (tertiary/aromatic N) is 3. The van der Waals surface area contributed by atoms with Crippen LogP contribution in [0, 0.1) is 13.8 Å². The number of carboxylic acid groups (broad SMARTS) is 1. The predicted octanol–water partition coefficient (Wildman–Crippen LogP) is 7.17. The fourth-order valence-corrected chi connectivity index (χ4v) is 8.35. The Morgan fingerprint density at radius 1 is 1.10 bits per heavy atom. The van der Waals surface area contributed by atoms with Crippen molar-refractivity contribution in [1.29, 1.82) is 0 Å². The number of hydrogen-bond donors (Lipinski definition) is 2. The Labute approximate surface area is 247 Å². The molecule has 41 heavy (non-hydrogen) atoms. The monoisotopic (exact) mass is 574 g/mol. The van der Waals surface area contributed by atoms with Crippen LogP contribution in [0.15, 0.2) is 53.6 Å². The highest BCUT2D eigenvalue weighted by Gasteiger charge is 2.64. The number of hydrogen-bond acceptors (Lipinski definition) is 5. The summed E-state index contributed by atoms with van der Waals surface area (Å²) >= 11 is 1.68. The first-order chi connectivity index (χ1) is 19.6. The first-order valence-electron chi connectivity index (χ1n) is 14.8. The van der Waals surface area contributed by atoms with Crippen LogP contribution >= 0.6 is 11.8 Å². The van der Waals surface area contributed by atoms with Gasteiger partial charge in [0, 0.05) is 39.7 Å².